The molecule has 0 aromatic heterocycles. The van der Waals surface area contributed by atoms with Gasteiger partial charge in [0.25, 0.3) is 0 Å². The van der Waals surface area contributed by atoms with Crippen LogP contribution in [0.1, 0.15) is 44.9 Å². The van der Waals surface area contributed by atoms with Gasteiger partial charge in [-0.15, -0.1) is 0 Å². The molecule has 1 unspecified atom stereocenters. The van der Waals surface area contributed by atoms with Crippen molar-refractivity contribution in [1.29, 1.82) is 0 Å². The molecule has 5 aliphatic rings. The highest BCUT2D eigenvalue weighted by atomic mass is 15.2. The van der Waals surface area contributed by atoms with Crippen LogP contribution in [0.5, 0.6) is 0 Å². The van der Waals surface area contributed by atoms with Crippen molar-refractivity contribution in [3.8, 4) is 0 Å². The largest absolute Gasteiger partial charge is 0.306 e. The fraction of sp³-hybridized carbons (Fsp3) is 1.00. The molecule has 19 heavy (non-hydrogen) atoms. The molecule has 1 saturated heterocycles. The summed E-state index contributed by atoms with van der Waals surface area (Å²) in [6, 6.07) is 0. The van der Waals surface area contributed by atoms with Crippen LogP contribution >= 0.6 is 0 Å². The summed E-state index contributed by atoms with van der Waals surface area (Å²) in [5, 5.41) is 0. The van der Waals surface area contributed by atoms with Crippen molar-refractivity contribution in [1.82, 2.24) is 9.80 Å². The van der Waals surface area contributed by atoms with E-state index in [0.29, 0.717) is 5.54 Å². The summed E-state index contributed by atoms with van der Waals surface area (Å²) in [6.07, 6.45) is 10.7. The molecule has 0 amide bonds. The molecule has 0 spiro atoms. The van der Waals surface area contributed by atoms with Crippen LogP contribution in [0.2, 0.25) is 0 Å². The van der Waals surface area contributed by atoms with Crippen LogP contribution in [0.4, 0.5) is 0 Å². The van der Waals surface area contributed by atoms with Crippen LogP contribution in [0.15, 0.2) is 0 Å². The Morgan fingerprint density at radius 3 is 2.11 bits per heavy atom. The van der Waals surface area contributed by atoms with Gasteiger partial charge in [-0.25, -0.2) is 0 Å². The van der Waals surface area contributed by atoms with E-state index in [9.17, 15) is 0 Å². The number of nitrogens with zero attached hydrogens (tertiary/aromatic N) is 2. The number of hydrogen-bond donors (Lipinski definition) is 0. The normalized spacial score (nSPS) is 49.4. The van der Waals surface area contributed by atoms with Crippen LogP contribution in [-0.2, 0) is 0 Å². The van der Waals surface area contributed by atoms with Crippen LogP contribution in [-0.4, -0.2) is 49.1 Å². The molecule has 4 aliphatic carbocycles. The average molecular weight is 262 g/mol. The molecule has 1 heterocycles. The van der Waals surface area contributed by atoms with Gasteiger partial charge in [-0.3, -0.25) is 0 Å². The lowest BCUT2D eigenvalue weighted by Gasteiger charge is -2.60. The first-order chi connectivity index (χ1) is 9.13. The fourth-order valence-electron chi connectivity index (χ4n) is 6.29. The summed E-state index contributed by atoms with van der Waals surface area (Å²) in [6.45, 7) is 4.01. The van der Waals surface area contributed by atoms with Crippen molar-refractivity contribution in [2.75, 3.05) is 33.7 Å². The van der Waals surface area contributed by atoms with Crippen LogP contribution in [0, 0.1) is 23.7 Å². The molecule has 2 heteroatoms. The molecule has 1 atom stereocenters. The maximum absolute atomic E-state index is 2.82. The van der Waals surface area contributed by atoms with Gasteiger partial charge >= 0.3 is 0 Å². The first kappa shape index (κ1) is 12.6. The van der Waals surface area contributed by atoms with E-state index in [0.717, 1.165) is 23.7 Å². The van der Waals surface area contributed by atoms with Crippen molar-refractivity contribution >= 4 is 0 Å². The van der Waals surface area contributed by atoms with Gasteiger partial charge in [0.15, 0.2) is 0 Å². The van der Waals surface area contributed by atoms with E-state index in [2.05, 4.69) is 23.9 Å². The molecule has 0 N–H and O–H groups in total. The van der Waals surface area contributed by atoms with Crippen molar-refractivity contribution in [2.24, 2.45) is 23.7 Å². The molecule has 1 aliphatic heterocycles. The molecule has 5 fully saturated rings. The van der Waals surface area contributed by atoms with E-state index in [4.69, 9.17) is 0 Å². The number of rotatable bonds is 3. The summed E-state index contributed by atoms with van der Waals surface area (Å²) < 4.78 is 0. The number of hydrogen-bond acceptors (Lipinski definition) is 2. The lowest BCUT2D eigenvalue weighted by atomic mass is 9.52. The quantitative estimate of drug-likeness (QED) is 0.772. The van der Waals surface area contributed by atoms with E-state index in [1.807, 2.05) is 0 Å². The second kappa shape index (κ2) is 4.46. The van der Waals surface area contributed by atoms with E-state index < -0.39 is 0 Å². The lowest BCUT2D eigenvalue weighted by molar-refractivity contribution is -0.0827. The molecule has 0 aromatic carbocycles. The third kappa shape index (κ3) is 2.15. The van der Waals surface area contributed by atoms with Crippen molar-refractivity contribution in [2.45, 2.75) is 50.5 Å². The zero-order valence-corrected chi connectivity index (χ0v) is 12.8. The van der Waals surface area contributed by atoms with Crippen molar-refractivity contribution < 1.29 is 0 Å². The monoisotopic (exact) mass is 262 g/mol. The van der Waals surface area contributed by atoms with Gasteiger partial charge in [-0.05, 0) is 89.3 Å². The first-order valence-corrected chi connectivity index (χ1v) is 8.53. The summed E-state index contributed by atoms with van der Waals surface area (Å²) >= 11 is 0. The smallest absolute Gasteiger partial charge is 0.0214 e. The van der Waals surface area contributed by atoms with E-state index in [-0.39, 0.29) is 0 Å². The molecule has 4 bridgehead atoms. The summed E-state index contributed by atoms with van der Waals surface area (Å²) in [7, 11) is 4.73. The SMILES string of the molecule is CN1CCC(CN(C)C23CC4CC(CC(C4)C2)C3)C1. The van der Waals surface area contributed by atoms with Crippen LogP contribution in [0.3, 0.4) is 0 Å². The molecule has 0 radical (unpaired) electrons. The van der Waals surface area contributed by atoms with Gasteiger partial charge in [-0.2, -0.15) is 0 Å². The number of likely N-dealkylation sites (tertiary alicyclic amines) is 1. The Labute approximate surface area is 118 Å². The fourth-order valence-corrected chi connectivity index (χ4v) is 6.29. The molecule has 2 nitrogen and oxygen atoms in total. The minimum atomic E-state index is 0.621. The highest BCUT2D eigenvalue weighted by Crippen LogP contribution is 2.57. The molecule has 5 rings (SSSR count). The predicted molar refractivity (Wildman–Crippen MR) is 79.1 cm³/mol. The highest BCUT2D eigenvalue weighted by Gasteiger charge is 2.52. The summed E-state index contributed by atoms with van der Waals surface area (Å²) in [4.78, 5) is 5.33. The molecule has 108 valence electrons. The van der Waals surface area contributed by atoms with Crippen molar-refractivity contribution in [3.05, 3.63) is 0 Å². The molecular formula is C17H30N2. The van der Waals surface area contributed by atoms with Gasteiger partial charge < -0.3 is 9.80 Å². The van der Waals surface area contributed by atoms with E-state index in [1.54, 1.807) is 19.3 Å². The minimum absolute atomic E-state index is 0.621. The van der Waals surface area contributed by atoms with Gasteiger partial charge in [0, 0.05) is 18.6 Å². The second-order valence-electron chi connectivity index (χ2n) is 8.44. The molecular weight excluding hydrogens is 232 g/mol. The van der Waals surface area contributed by atoms with E-state index >= 15 is 0 Å². The Hall–Kier alpha value is -0.0800. The maximum atomic E-state index is 2.82. The van der Waals surface area contributed by atoms with Crippen molar-refractivity contribution in [3.63, 3.8) is 0 Å². The predicted octanol–water partition coefficient (Wildman–Crippen LogP) is 2.84. The minimum Gasteiger partial charge on any atom is -0.306 e. The van der Waals surface area contributed by atoms with Gasteiger partial charge in [0.2, 0.25) is 0 Å². The average Bonchev–Trinajstić information content (AvgIpc) is 2.73. The van der Waals surface area contributed by atoms with Gasteiger partial charge in [0.1, 0.15) is 0 Å². The molecule has 0 aromatic rings. The topological polar surface area (TPSA) is 6.48 Å². The zero-order chi connectivity index (χ0) is 13.0. The first-order valence-electron chi connectivity index (χ1n) is 8.53. The highest BCUT2D eigenvalue weighted by molar-refractivity contribution is 5.07. The Kier molecular flexibility index (Phi) is 2.97. The third-order valence-electron chi connectivity index (χ3n) is 6.84. The zero-order valence-electron chi connectivity index (χ0n) is 12.8. The van der Waals surface area contributed by atoms with Gasteiger partial charge in [0.05, 0.1) is 0 Å². The second-order valence-corrected chi connectivity index (χ2v) is 8.44. The lowest BCUT2D eigenvalue weighted by Crippen LogP contribution is -2.59. The van der Waals surface area contributed by atoms with Crippen LogP contribution in [0.25, 0.3) is 0 Å². The Balaban J connectivity index is 1.45. The summed E-state index contributed by atoms with van der Waals surface area (Å²) in [5.41, 5.74) is 0.621. The third-order valence-corrected chi connectivity index (χ3v) is 6.84. The summed E-state index contributed by atoms with van der Waals surface area (Å²) in [5.74, 6) is 4.18. The Morgan fingerprint density at radius 2 is 1.63 bits per heavy atom. The maximum Gasteiger partial charge on any atom is 0.0214 e. The van der Waals surface area contributed by atoms with Crippen LogP contribution < -0.4 is 0 Å². The molecule has 4 saturated carbocycles. The standard InChI is InChI=1S/C17H30N2/c1-18-4-3-13(11-18)12-19(2)17-8-14-5-15(9-17)7-16(6-14)10-17/h13-16H,3-12H2,1-2H3. The Bertz CT molecular complexity index is 316. The van der Waals surface area contributed by atoms with E-state index in [1.165, 1.54) is 45.3 Å². The van der Waals surface area contributed by atoms with Gasteiger partial charge in [-0.1, -0.05) is 0 Å². The Morgan fingerprint density at radius 1 is 1.05 bits per heavy atom.